The van der Waals surface area contributed by atoms with E-state index in [9.17, 15) is 19.3 Å². The highest BCUT2D eigenvalue weighted by molar-refractivity contribution is 6.09. The number of carbonyl (C=O) groups is 1. The van der Waals surface area contributed by atoms with Crippen LogP contribution in [-0.2, 0) is 4.74 Å². The average Bonchev–Trinajstić information content (AvgIpc) is 3.06. The van der Waals surface area contributed by atoms with E-state index in [1.165, 1.54) is 36.4 Å². The fourth-order valence-corrected chi connectivity index (χ4v) is 2.81. The van der Waals surface area contributed by atoms with Crippen LogP contribution in [0, 0.1) is 27.8 Å². The fourth-order valence-electron chi connectivity index (χ4n) is 2.81. The number of rotatable bonds is 5. The second kappa shape index (κ2) is 8.54. The van der Waals surface area contributed by atoms with Crippen molar-refractivity contribution in [3.8, 4) is 23.2 Å². The molecule has 1 N–H and O–H groups in total. The number of nitro groups is 1. The van der Waals surface area contributed by atoms with Crippen molar-refractivity contribution in [3.05, 3.63) is 63.5 Å². The predicted octanol–water partition coefficient (Wildman–Crippen LogP) is 4.06. The molecule has 0 amide bonds. The third kappa shape index (κ3) is 4.10. The number of halogens is 1. The summed E-state index contributed by atoms with van der Waals surface area (Å²) in [6.45, 7) is 1.58. The van der Waals surface area contributed by atoms with Gasteiger partial charge in [-0.2, -0.15) is 0 Å². The molecule has 0 saturated carbocycles. The van der Waals surface area contributed by atoms with E-state index in [4.69, 9.17) is 14.3 Å². The lowest BCUT2D eigenvalue weighted by atomic mass is 10.0. The van der Waals surface area contributed by atoms with Gasteiger partial charge in [0.05, 0.1) is 24.2 Å². The van der Waals surface area contributed by atoms with E-state index in [-0.39, 0.29) is 47.8 Å². The fraction of sp³-hybridized carbons (Fsp3) is 0.190. The third-order valence-corrected chi connectivity index (χ3v) is 4.05. The number of nitrogens with zero attached hydrogens (tertiary/aromatic N) is 1. The molecule has 0 atom stereocenters. The van der Waals surface area contributed by atoms with Crippen molar-refractivity contribution >= 4 is 22.6 Å². The van der Waals surface area contributed by atoms with Gasteiger partial charge in [0.15, 0.2) is 0 Å². The van der Waals surface area contributed by atoms with E-state index in [0.717, 1.165) is 0 Å². The maximum absolute atomic E-state index is 13.3. The number of nitro benzene ring substituents is 1. The molecule has 1 aromatic heterocycles. The molecular weight excluding hydrogens is 381 g/mol. The molecule has 0 aliphatic rings. The van der Waals surface area contributed by atoms with Crippen LogP contribution < -0.4 is 0 Å². The van der Waals surface area contributed by atoms with E-state index < -0.39 is 16.7 Å². The Kier molecular flexibility index (Phi) is 5.90. The molecule has 0 aliphatic carbocycles. The summed E-state index contributed by atoms with van der Waals surface area (Å²) in [5.74, 6) is 4.27. The number of hydrogen-bond donors (Lipinski definition) is 1. The Morgan fingerprint density at radius 2 is 2.03 bits per heavy atom. The van der Waals surface area contributed by atoms with Gasteiger partial charge in [0.1, 0.15) is 28.3 Å². The molecule has 3 rings (SSSR count). The van der Waals surface area contributed by atoms with Gasteiger partial charge in [0.2, 0.25) is 0 Å². The highest BCUT2D eigenvalue weighted by atomic mass is 19.1. The van der Waals surface area contributed by atoms with Crippen LogP contribution in [0.25, 0.3) is 22.3 Å². The first-order valence-electron chi connectivity index (χ1n) is 8.74. The topological polar surface area (TPSA) is 103 Å². The van der Waals surface area contributed by atoms with Gasteiger partial charge in [-0.3, -0.25) is 10.1 Å². The molecule has 0 saturated heterocycles. The van der Waals surface area contributed by atoms with E-state index in [0.29, 0.717) is 10.9 Å². The van der Waals surface area contributed by atoms with Crippen LogP contribution in [0.4, 0.5) is 10.1 Å². The van der Waals surface area contributed by atoms with Gasteiger partial charge in [-0.25, -0.2) is 9.18 Å². The minimum atomic E-state index is -0.673. The SMILES string of the molecule is CCOC(=O)c1c(-c2ccc(F)cc2)oc2cc([N+](=O)[O-])c(C#CCCO)cc12. The Labute approximate surface area is 164 Å². The summed E-state index contributed by atoms with van der Waals surface area (Å²) in [5.41, 5.74) is 0.382. The molecule has 148 valence electrons. The monoisotopic (exact) mass is 397 g/mol. The molecule has 0 spiro atoms. The third-order valence-electron chi connectivity index (χ3n) is 4.05. The normalized spacial score (nSPS) is 10.4. The molecule has 0 unspecified atom stereocenters. The molecule has 0 bridgehead atoms. The number of benzene rings is 2. The maximum Gasteiger partial charge on any atom is 0.342 e. The average molecular weight is 397 g/mol. The molecule has 0 radical (unpaired) electrons. The zero-order chi connectivity index (χ0) is 21.0. The molecule has 0 aliphatic heterocycles. The zero-order valence-corrected chi connectivity index (χ0v) is 15.4. The lowest BCUT2D eigenvalue weighted by molar-refractivity contribution is -0.385. The van der Waals surface area contributed by atoms with Gasteiger partial charge in [-0.05, 0) is 37.3 Å². The summed E-state index contributed by atoms with van der Waals surface area (Å²) in [6, 6.07) is 7.88. The van der Waals surface area contributed by atoms with Gasteiger partial charge in [-0.15, -0.1) is 0 Å². The second-order valence-corrected chi connectivity index (χ2v) is 5.93. The standard InChI is InChI=1S/C21H16FNO6/c1-2-28-21(25)19-16-11-14(5-3-4-10-24)17(23(26)27)12-18(16)29-20(19)13-6-8-15(22)9-7-13/h6-9,11-12,24H,2,4,10H2,1H3. The number of aliphatic hydroxyl groups excluding tert-OH is 1. The zero-order valence-electron chi connectivity index (χ0n) is 15.4. The number of ether oxygens (including phenoxy) is 1. The van der Waals surface area contributed by atoms with Crippen LogP contribution in [0.15, 0.2) is 40.8 Å². The Bertz CT molecular complexity index is 1140. The first-order chi connectivity index (χ1) is 14.0. The van der Waals surface area contributed by atoms with E-state index in [1.807, 2.05) is 0 Å². The quantitative estimate of drug-likeness (QED) is 0.301. The summed E-state index contributed by atoms with van der Waals surface area (Å²) in [7, 11) is 0. The Morgan fingerprint density at radius 1 is 1.31 bits per heavy atom. The van der Waals surface area contributed by atoms with Crippen LogP contribution in [0.3, 0.4) is 0 Å². The minimum absolute atomic E-state index is 0.0768. The van der Waals surface area contributed by atoms with Crippen molar-refractivity contribution in [1.29, 1.82) is 0 Å². The highest BCUT2D eigenvalue weighted by Gasteiger charge is 2.26. The molecule has 1 heterocycles. The summed E-state index contributed by atoms with van der Waals surface area (Å²) in [5, 5.41) is 20.6. The van der Waals surface area contributed by atoms with Crippen LogP contribution >= 0.6 is 0 Å². The van der Waals surface area contributed by atoms with Crippen molar-refractivity contribution in [2.75, 3.05) is 13.2 Å². The van der Waals surface area contributed by atoms with Crippen LogP contribution in [0.1, 0.15) is 29.3 Å². The van der Waals surface area contributed by atoms with Crippen LogP contribution in [0.2, 0.25) is 0 Å². The minimum Gasteiger partial charge on any atom is -0.462 e. The molecule has 7 nitrogen and oxygen atoms in total. The molecule has 3 aromatic rings. The Hall–Kier alpha value is -3.70. The van der Waals surface area contributed by atoms with E-state index in [2.05, 4.69) is 11.8 Å². The van der Waals surface area contributed by atoms with Gasteiger partial charge in [0, 0.05) is 17.4 Å². The lowest BCUT2D eigenvalue weighted by Crippen LogP contribution is -2.05. The summed E-state index contributed by atoms with van der Waals surface area (Å²) < 4.78 is 24.2. The molecule has 2 aromatic carbocycles. The number of fused-ring (bicyclic) bond motifs is 1. The molecule has 8 heteroatoms. The molecule has 0 fully saturated rings. The first kappa shape index (κ1) is 20.0. The van der Waals surface area contributed by atoms with Crippen molar-refractivity contribution in [3.63, 3.8) is 0 Å². The van der Waals surface area contributed by atoms with E-state index >= 15 is 0 Å². The lowest BCUT2D eigenvalue weighted by Gasteiger charge is -2.03. The smallest absolute Gasteiger partial charge is 0.342 e. The number of esters is 1. The summed E-state index contributed by atoms with van der Waals surface area (Å²) >= 11 is 0. The van der Waals surface area contributed by atoms with Gasteiger partial charge >= 0.3 is 5.97 Å². The van der Waals surface area contributed by atoms with Gasteiger partial charge in [0.25, 0.3) is 5.69 Å². The van der Waals surface area contributed by atoms with Gasteiger partial charge in [-0.1, -0.05) is 11.8 Å². The van der Waals surface area contributed by atoms with Crippen molar-refractivity contribution in [2.45, 2.75) is 13.3 Å². The van der Waals surface area contributed by atoms with Crippen LogP contribution in [0.5, 0.6) is 0 Å². The number of aliphatic hydroxyl groups is 1. The molecular formula is C21H16FNO6. The van der Waals surface area contributed by atoms with Crippen molar-refractivity contribution in [1.82, 2.24) is 0 Å². The Balaban J connectivity index is 2.30. The Morgan fingerprint density at radius 3 is 2.66 bits per heavy atom. The molecule has 29 heavy (non-hydrogen) atoms. The van der Waals surface area contributed by atoms with E-state index in [1.54, 1.807) is 6.92 Å². The van der Waals surface area contributed by atoms with Crippen LogP contribution in [-0.4, -0.2) is 29.2 Å². The highest BCUT2D eigenvalue weighted by Crippen LogP contribution is 2.37. The maximum atomic E-state index is 13.3. The predicted molar refractivity (Wildman–Crippen MR) is 103 cm³/mol. The number of furan rings is 1. The summed E-state index contributed by atoms with van der Waals surface area (Å²) in [6.07, 6.45) is 0.145. The second-order valence-electron chi connectivity index (χ2n) is 5.93. The first-order valence-corrected chi connectivity index (χ1v) is 8.74. The van der Waals surface area contributed by atoms with Crippen molar-refractivity contribution < 1.29 is 28.4 Å². The number of hydrogen-bond acceptors (Lipinski definition) is 6. The largest absolute Gasteiger partial charge is 0.462 e. The summed E-state index contributed by atoms with van der Waals surface area (Å²) in [4.78, 5) is 23.5. The van der Waals surface area contributed by atoms with Crippen molar-refractivity contribution in [2.24, 2.45) is 0 Å². The van der Waals surface area contributed by atoms with Gasteiger partial charge < -0.3 is 14.3 Å². The number of carbonyl (C=O) groups excluding carboxylic acids is 1.